The summed E-state index contributed by atoms with van der Waals surface area (Å²) in [7, 11) is 0. The monoisotopic (exact) mass is 328 g/mol. The van der Waals surface area contributed by atoms with Crippen LogP contribution in [0.15, 0.2) is 24.3 Å². The van der Waals surface area contributed by atoms with E-state index in [0.29, 0.717) is 6.54 Å². The molecule has 3 N–H and O–H groups in total. The number of carbonyl (C=O) groups is 1. The van der Waals surface area contributed by atoms with Crippen LogP contribution in [0, 0.1) is 6.92 Å². The van der Waals surface area contributed by atoms with Crippen molar-refractivity contribution in [3.8, 4) is 0 Å². The summed E-state index contributed by atoms with van der Waals surface area (Å²) in [5.41, 5.74) is 1.88. The number of nitrogens with one attached hydrogen (secondary N) is 2. The molecule has 0 spiro atoms. The van der Waals surface area contributed by atoms with Crippen molar-refractivity contribution in [2.24, 2.45) is 0 Å². The molecule has 2 unspecified atom stereocenters. The summed E-state index contributed by atoms with van der Waals surface area (Å²) in [6.07, 6.45) is 1.71. The summed E-state index contributed by atoms with van der Waals surface area (Å²) < 4.78 is 5.47. The molecule has 5 nitrogen and oxygen atoms in total. The van der Waals surface area contributed by atoms with Gasteiger partial charge in [0.25, 0.3) is 0 Å². The predicted molar refractivity (Wildman–Crippen MR) is 88.2 cm³/mol. The molecule has 22 heavy (non-hydrogen) atoms. The molecule has 0 bridgehead atoms. The van der Waals surface area contributed by atoms with Gasteiger partial charge >= 0.3 is 0 Å². The second-order valence-electron chi connectivity index (χ2n) is 5.44. The first-order chi connectivity index (χ1) is 10.2. The molecule has 1 aromatic rings. The largest absolute Gasteiger partial charge is 0.387 e. The van der Waals surface area contributed by atoms with Gasteiger partial charge in [0.1, 0.15) is 0 Å². The van der Waals surface area contributed by atoms with Crippen LogP contribution in [0.2, 0.25) is 0 Å². The Morgan fingerprint density at radius 3 is 2.91 bits per heavy atom. The number of hydrogen-bond acceptors (Lipinski definition) is 4. The lowest BCUT2D eigenvalue weighted by atomic mass is 10.0. The first-order valence-electron chi connectivity index (χ1n) is 7.49. The second-order valence-corrected chi connectivity index (χ2v) is 5.44. The smallest absolute Gasteiger partial charge is 0.234 e. The minimum atomic E-state index is -0.673. The van der Waals surface area contributed by atoms with Crippen molar-refractivity contribution in [1.82, 2.24) is 10.6 Å². The highest BCUT2D eigenvalue weighted by atomic mass is 35.5. The van der Waals surface area contributed by atoms with Crippen LogP contribution in [-0.4, -0.2) is 43.4 Å². The van der Waals surface area contributed by atoms with Crippen LogP contribution >= 0.6 is 12.4 Å². The van der Waals surface area contributed by atoms with Crippen LogP contribution < -0.4 is 10.6 Å². The summed E-state index contributed by atoms with van der Waals surface area (Å²) in [6, 6.07) is 7.64. The Hall–Kier alpha value is -1.14. The number of aliphatic hydroxyl groups excluding tert-OH is 1. The lowest BCUT2D eigenvalue weighted by Gasteiger charge is -2.15. The van der Waals surface area contributed by atoms with Gasteiger partial charge in [0, 0.05) is 19.7 Å². The van der Waals surface area contributed by atoms with Crippen LogP contribution in [-0.2, 0) is 9.53 Å². The van der Waals surface area contributed by atoms with E-state index in [2.05, 4.69) is 10.6 Å². The summed E-state index contributed by atoms with van der Waals surface area (Å²) >= 11 is 0. The van der Waals surface area contributed by atoms with Crippen molar-refractivity contribution < 1.29 is 14.6 Å². The average Bonchev–Trinajstić information content (AvgIpc) is 2.98. The molecule has 1 aromatic carbocycles. The zero-order valence-electron chi connectivity index (χ0n) is 12.9. The van der Waals surface area contributed by atoms with Gasteiger partial charge in [-0.15, -0.1) is 12.4 Å². The van der Waals surface area contributed by atoms with Crippen molar-refractivity contribution in [2.45, 2.75) is 32.0 Å². The van der Waals surface area contributed by atoms with Gasteiger partial charge in [0.05, 0.1) is 18.8 Å². The van der Waals surface area contributed by atoms with Crippen LogP contribution in [0.25, 0.3) is 0 Å². The number of carbonyl (C=O) groups excluding carboxylic acids is 1. The van der Waals surface area contributed by atoms with E-state index in [1.165, 1.54) is 0 Å². The Labute approximate surface area is 137 Å². The Morgan fingerprint density at radius 1 is 1.45 bits per heavy atom. The number of benzene rings is 1. The number of aryl methyl sites for hydroxylation is 1. The fourth-order valence-electron chi connectivity index (χ4n) is 2.50. The first kappa shape index (κ1) is 18.9. The number of aliphatic hydroxyl groups is 1. The van der Waals surface area contributed by atoms with Gasteiger partial charge in [0.2, 0.25) is 5.91 Å². The molecule has 1 aliphatic heterocycles. The number of halogens is 1. The lowest BCUT2D eigenvalue weighted by molar-refractivity contribution is -0.120. The maximum Gasteiger partial charge on any atom is 0.234 e. The molecule has 1 heterocycles. The van der Waals surface area contributed by atoms with Crippen LogP contribution in [0.5, 0.6) is 0 Å². The topological polar surface area (TPSA) is 70.6 Å². The van der Waals surface area contributed by atoms with Crippen molar-refractivity contribution in [1.29, 1.82) is 0 Å². The molecule has 0 radical (unpaired) electrons. The fraction of sp³-hybridized carbons (Fsp3) is 0.562. The average molecular weight is 329 g/mol. The van der Waals surface area contributed by atoms with Crippen molar-refractivity contribution >= 4 is 18.3 Å². The zero-order chi connectivity index (χ0) is 15.1. The number of hydrogen-bond donors (Lipinski definition) is 3. The van der Waals surface area contributed by atoms with Gasteiger partial charge in [-0.1, -0.05) is 24.3 Å². The normalized spacial score (nSPS) is 18.5. The van der Waals surface area contributed by atoms with Crippen molar-refractivity contribution in [3.05, 3.63) is 35.4 Å². The molecule has 0 saturated carbocycles. The first-order valence-corrected chi connectivity index (χ1v) is 7.49. The van der Waals surface area contributed by atoms with Crippen LogP contribution in [0.3, 0.4) is 0 Å². The quantitative estimate of drug-likeness (QED) is 0.706. The molecule has 2 atom stereocenters. The molecular formula is C16H25ClN2O3. The minimum absolute atomic E-state index is 0. The van der Waals surface area contributed by atoms with Gasteiger partial charge in [0.15, 0.2) is 0 Å². The lowest BCUT2D eigenvalue weighted by Crippen LogP contribution is -2.38. The highest BCUT2D eigenvalue weighted by Crippen LogP contribution is 2.16. The van der Waals surface area contributed by atoms with E-state index in [4.69, 9.17) is 4.74 Å². The fourth-order valence-corrected chi connectivity index (χ4v) is 2.50. The van der Waals surface area contributed by atoms with Gasteiger partial charge in [-0.3, -0.25) is 4.79 Å². The van der Waals surface area contributed by atoms with Crippen LogP contribution in [0.4, 0.5) is 0 Å². The summed E-state index contributed by atoms with van der Waals surface area (Å²) in [5.74, 6) is -0.111. The molecule has 1 saturated heterocycles. The van der Waals surface area contributed by atoms with E-state index >= 15 is 0 Å². The molecule has 0 aromatic heterocycles. The van der Waals surface area contributed by atoms with Crippen LogP contribution in [0.1, 0.15) is 30.1 Å². The number of amides is 1. The molecule has 6 heteroatoms. The second kappa shape index (κ2) is 9.79. The Bertz CT molecular complexity index is 464. The van der Waals surface area contributed by atoms with E-state index in [1.54, 1.807) is 0 Å². The summed E-state index contributed by atoms with van der Waals surface area (Å²) in [4.78, 5) is 11.7. The third-order valence-corrected chi connectivity index (χ3v) is 3.72. The molecule has 2 rings (SSSR count). The molecule has 1 fully saturated rings. The minimum Gasteiger partial charge on any atom is -0.387 e. The van der Waals surface area contributed by atoms with Gasteiger partial charge in [-0.05, 0) is 30.9 Å². The van der Waals surface area contributed by atoms with Crippen molar-refractivity contribution in [3.63, 3.8) is 0 Å². The van der Waals surface area contributed by atoms with E-state index in [9.17, 15) is 9.90 Å². The molecule has 0 aliphatic carbocycles. The standard InChI is InChI=1S/C16H24N2O3.ClH/c1-12-5-2-3-7-14(12)15(19)10-18-16(20)11-17-9-13-6-4-8-21-13;/h2-3,5,7,13,15,17,19H,4,6,8-11H2,1H3,(H,18,20);1H. The van der Waals surface area contributed by atoms with E-state index < -0.39 is 6.10 Å². The highest BCUT2D eigenvalue weighted by molar-refractivity contribution is 5.85. The van der Waals surface area contributed by atoms with E-state index in [-0.39, 0.29) is 37.5 Å². The number of rotatable bonds is 7. The molecule has 1 aliphatic rings. The van der Waals surface area contributed by atoms with Gasteiger partial charge in [-0.25, -0.2) is 0 Å². The summed E-state index contributed by atoms with van der Waals surface area (Å²) in [5, 5.41) is 15.9. The summed E-state index contributed by atoms with van der Waals surface area (Å²) in [6.45, 7) is 3.95. The maximum atomic E-state index is 11.7. The highest BCUT2D eigenvalue weighted by Gasteiger charge is 2.15. The molecular weight excluding hydrogens is 304 g/mol. The molecule has 1 amide bonds. The van der Waals surface area contributed by atoms with E-state index in [1.807, 2.05) is 31.2 Å². The van der Waals surface area contributed by atoms with Gasteiger partial charge in [-0.2, -0.15) is 0 Å². The predicted octanol–water partition coefficient (Wildman–Crippen LogP) is 1.34. The maximum absolute atomic E-state index is 11.7. The van der Waals surface area contributed by atoms with Crippen molar-refractivity contribution in [2.75, 3.05) is 26.2 Å². The number of ether oxygens (including phenoxy) is 1. The van der Waals surface area contributed by atoms with E-state index in [0.717, 1.165) is 30.6 Å². The third kappa shape index (κ3) is 5.93. The zero-order valence-corrected chi connectivity index (χ0v) is 13.7. The SMILES string of the molecule is Cc1ccccc1C(O)CNC(=O)CNCC1CCCO1.Cl. The third-order valence-electron chi connectivity index (χ3n) is 3.72. The Balaban J connectivity index is 0.00000242. The Kier molecular flexibility index (Phi) is 8.42. The Morgan fingerprint density at radius 2 is 2.23 bits per heavy atom. The van der Waals surface area contributed by atoms with Gasteiger partial charge < -0.3 is 20.5 Å². The molecule has 124 valence electrons.